The predicted molar refractivity (Wildman–Crippen MR) is 59.5 cm³/mol. The SMILES string of the molecule is C[C@H](CO)N[C@H](C)c1ccc(F)cc1Cl. The summed E-state index contributed by atoms with van der Waals surface area (Å²) in [5.41, 5.74) is 0.832. The van der Waals surface area contributed by atoms with E-state index in [2.05, 4.69) is 5.32 Å². The molecule has 2 nitrogen and oxygen atoms in total. The molecule has 0 amide bonds. The van der Waals surface area contributed by atoms with Crippen LogP contribution >= 0.6 is 11.6 Å². The average Bonchev–Trinajstić information content (AvgIpc) is 2.17. The predicted octanol–water partition coefficient (Wildman–Crippen LogP) is 2.51. The van der Waals surface area contributed by atoms with Crippen molar-refractivity contribution in [3.8, 4) is 0 Å². The minimum Gasteiger partial charge on any atom is -0.395 e. The van der Waals surface area contributed by atoms with E-state index < -0.39 is 0 Å². The van der Waals surface area contributed by atoms with Crippen LogP contribution in [0.15, 0.2) is 18.2 Å². The molecule has 0 unspecified atom stereocenters. The first-order valence-corrected chi connectivity index (χ1v) is 5.24. The number of hydrogen-bond acceptors (Lipinski definition) is 2. The summed E-state index contributed by atoms with van der Waals surface area (Å²) in [4.78, 5) is 0. The number of aliphatic hydroxyl groups is 1. The van der Waals surface area contributed by atoms with Gasteiger partial charge in [-0.2, -0.15) is 0 Å². The molecule has 0 aliphatic rings. The van der Waals surface area contributed by atoms with Crippen molar-refractivity contribution in [2.24, 2.45) is 0 Å². The van der Waals surface area contributed by atoms with Crippen molar-refractivity contribution in [1.82, 2.24) is 5.32 Å². The molecule has 0 aliphatic carbocycles. The summed E-state index contributed by atoms with van der Waals surface area (Å²) in [6.45, 7) is 3.85. The molecular formula is C11H15ClFNO. The molecule has 15 heavy (non-hydrogen) atoms. The van der Waals surface area contributed by atoms with Crippen molar-refractivity contribution >= 4 is 11.6 Å². The Kier molecular flexibility index (Phi) is 4.51. The lowest BCUT2D eigenvalue weighted by Gasteiger charge is -2.19. The summed E-state index contributed by atoms with van der Waals surface area (Å²) in [6, 6.07) is 4.29. The summed E-state index contributed by atoms with van der Waals surface area (Å²) in [6.07, 6.45) is 0. The second-order valence-corrected chi connectivity index (χ2v) is 4.05. The molecule has 0 saturated carbocycles. The Labute approximate surface area is 94.1 Å². The lowest BCUT2D eigenvalue weighted by atomic mass is 10.1. The highest BCUT2D eigenvalue weighted by molar-refractivity contribution is 6.31. The first kappa shape index (κ1) is 12.4. The third-order valence-corrected chi connectivity index (χ3v) is 2.56. The monoisotopic (exact) mass is 231 g/mol. The Hall–Kier alpha value is -0.640. The van der Waals surface area contributed by atoms with Gasteiger partial charge in [0.25, 0.3) is 0 Å². The van der Waals surface area contributed by atoms with Crippen LogP contribution in [0.3, 0.4) is 0 Å². The number of rotatable bonds is 4. The maximum atomic E-state index is 12.8. The molecule has 2 atom stereocenters. The third-order valence-electron chi connectivity index (χ3n) is 2.24. The molecule has 0 saturated heterocycles. The zero-order valence-corrected chi connectivity index (χ0v) is 9.55. The zero-order valence-electron chi connectivity index (χ0n) is 8.80. The Morgan fingerprint density at radius 2 is 2.13 bits per heavy atom. The quantitative estimate of drug-likeness (QED) is 0.835. The van der Waals surface area contributed by atoms with Crippen LogP contribution in [-0.4, -0.2) is 17.8 Å². The minimum absolute atomic E-state index is 0.0129. The molecule has 0 bridgehead atoms. The molecule has 84 valence electrons. The van der Waals surface area contributed by atoms with E-state index in [1.165, 1.54) is 12.1 Å². The van der Waals surface area contributed by atoms with E-state index in [1.807, 2.05) is 13.8 Å². The van der Waals surface area contributed by atoms with Crippen LogP contribution in [0.25, 0.3) is 0 Å². The van der Waals surface area contributed by atoms with E-state index in [1.54, 1.807) is 6.07 Å². The van der Waals surface area contributed by atoms with Gasteiger partial charge in [-0.1, -0.05) is 17.7 Å². The smallest absolute Gasteiger partial charge is 0.124 e. The van der Waals surface area contributed by atoms with E-state index in [0.717, 1.165) is 5.56 Å². The molecule has 1 rings (SSSR count). The number of nitrogens with one attached hydrogen (secondary N) is 1. The fraction of sp³-hybridized carbons (Fsp3) is 0.455. The molecule has 0 aromatic heterocycles. The van der Waals surface area contributed by atoms with Crippen molar-refractivity contribution in [2.45, 2.75) is 25.9 Å². The van der Waals surface area contributed by atoms with Gasteiger partial charge in [-0.3, -0.25) is 0 Å². The lowest BCUT2D eigenvalue weighted by molar-refractivity contribution is 0.243. The average molecular weight is 232 g/mol. The van der Waals surface area contributed by atoms with Gasteiger partial charge in [-0.15, -0.1) is 0 Å². The van der Waals surface area contributed by atoms with Gasteiger partial charge >= 0.3 is 0 Å². The van der Waals surface area contributed by atoms with Crippen LogP contribution in [0, 0.1) is 5.82 Å². The van der Waals surface area contributed by atoms with E-state index in [4.69, 9.17) is 16.7 Å². The first-order valence-electron chi connectivity index (χ1n) is 4.86. The van der Waals surface area contributed by atoms with Crippen LogP contribution in [0.5, 0.6) is 0 Å². The van der Waals surface area contributed by atoms with E-state index in [0.29, 0.717) is 5.02 Å². The minimum atomic E-state index is -0.342. The molecule has 2 N–H and O–H groups in total. The summed E-state index contributed by atoms with van der Waals surface area (Å²) in [5.74, 6) is -0.342. The topological polar surface area (TPSA) is 32.3 Å². The third kappa shape index (κ3) is 3.45. The van der Waals surface area contributed by atoms with Gasteiger partial charge in [0, 0.05) is 17.1 Å². The number of hydrogen-bond donors (Lipinski definition) is 2. The summed E-state index contributed by atoms with van der Waals surface area (Å²) < 4.78 is 12.8. The molecule has 0 fully saturated rings. The first-order chi connectivity index (χ1) is 7.04. The van der Waals surface area contributed by atoms with Crippen molar-refractivity contribution < 1.29 is 9.50 Å². The maximum Gasteiger partial charge on any atom is 0.124 e. The number of benzene rings is 1. The Balaban J connectivity index is 2.77. The van der Waals surface area contributed by atoms with Crippen LogP contribution in [-0.2, 0) is 0 Å². The lowest BCUT2D eigenvalue weighted by Crippen LogP contribution is -2.31. The van der Waals surface area contributed by atoms with Gasteiger partial charge in [-0.25, -0.2) is 4.39 Å². The van der Waals surface area contributed by atoms with Crippen LogP contribution in [0.1, 0.15) is 25.5 Å². The summed E-state index contributed by atoms with van der Waals surface area (Å²) in [7, 11) is 0. The number of halogens is 2. The normalized spacial score (nSPS) is 15.0. The highest BCUT2D eigenvalue weighted by Gasteiger charge is 2.12. The standard InChI is InChI=1S/C11H15ClFNO/c1-7(6-15)14-8(2)10-4-3-9(13)5-11(10)12/h3-5,7-8,14-15H,6H2,1-2H3/t7-,8-/m1/s1. The Bertz CT molecular complexity index is 332. The highest BCUT2D eigenvalue weighted by atomic mass is 35.5. The van der Waals surface area contributed by atoms with Gasteiger partial charge < -0.3 is 10.4 Å². The largest absolute Gasteiger partial charge is 0.395 e. The molecule has 1 aromatic rings. The molecular weight excluding hydrogens is 217 g/mol. The van der Waals surface area contributed by atoms with Gasteiger partial charge in [0.1, 0.15) is 5.82 Å². The second kappa shape index (κ2) is 5.45. The van der Waals surface area contributed by atoms with E-state index in [-0.39, 0.29) is 24.5 Å². The highest BCUT2D eigenvalue weighted by Crippen LogP contribution is 2.23. The molecule has 1 aromatic carbocycles. The molecule has 0 aliphatic heterocycles. The van der Waals surface area contributed by atoms with Gasteiger partial charge in [0.05, 0.1) is 6.61 Å². The van der Waals surface area contributed by atoms with Gasteiger partial charge in [-0.05, 0) is 31.5 Å². The second-order valence-electron chi connectivity index (χ2n) is 3.64. The fourth-order valence-corrected chi connectivity index (χ4v) is 1.75. The van der Waals surface area contributed by atoms with E-state index >= 15 is 0 Å². The summed E-state index contributed by atoms with van der Waals surface area (Å²) >= 11 is 5.91. The van der Waals surface area contributed by atoms with Crippen molar-refractivity contribution in [1.29, 1.82) is 0 Å². The maximum absolute atomic E-state index is 12.8. The van der Waals surface area contributed by atoms with Gasteiger partial charge in [0.15, 0.2) is 0 Å². The Morgan fingerprint density at radius 3 is 2.67 bits per heavy atom. The summed E-state index contributed by atoms with van der Waals surface area (Å²) in [5, 5.41) is 12.4. The van der Waals surface area contributed by atoms with Crippen LogP contribution in [0.2, 0.25) is 5.02 Å². The molecule has 4 heteroatoms. The van der Waals surface area contributed by atoms with Crippen LogP contribution in [0.4, 0.5) is 4.39 Å². The molecule has 0 spiro atoms. The van der Waals surface area contributed by atoms with E-state index in [9.17, 15) is 4.39 Å². The number of aliphatic hydroxyl groups excluding tert-OH is 1. The Morgan fingerprint density at radius 1 is 1.47 bits per heavy atom. The van der Waals surface area contributed by atoms with Crippen molar-refractivity contribution in [3.63, 3.8) is 0 Å². The fourth-order valence-electron chi connectivity index (χ4n) is 1.42. The zero-order chi connectivity index (χ0) is 11.4. The molecule has 0 radical (unpaired) electrons. The molecule has 0 heterocycles. The van der Waals surface area contributed by atoms with Gasteiger partial charge in [0.2, 0.25) is 0 Å². The van der Waals surface area contributed by atoms with Crippen molar-refractivity contribution in [3.05, 3.63) is 34.6 Å². The van der Waals surface area contributed by atoms with Crippen LogP contribution < -0.4 is 5.32 Å². The van der Waals surface area contributed by atoms with Crippen molar-refractivity contribution in [2.75, 3.05) is 6.61 Å².